The van der Waals surface area contributed by atoms with Crippen LogP contribution in [-0.2, 0) is 0 Å². The Hall–Kier alpha value is -2.10. The summed E-state index contributed by atoms with van der Waals surface area (Å²) >= 11 is 0. The van der Waals surface area contributed by atoms with Gasteiger partial charge >= 0.3 is 0 Å². The van der Waals surface area contributed by atoms with Gasteiger partial charge in [-0.1, -0.05) is 12.1 Å². The zero-order valence-electron chi connectivity index (χ0n) is 12.8. The molecule has 1 aliphatic rings. The van der Waals surface area contributed by atoms with Crippen molar-refractivity contribution in [3.05, 3.63) is 35.7 Å². The topological polar surface area (TPSA) is 47.0 Å². The average Bonchev–Trinajstić information content (AvgIpc) is 3.33. The Morgan fingerprint density at radius 2 is 2.00 bits per heavy atom. The Kier molecular flexibility index (Phi) is 3.78. The first-order chi connectivity index (χ1) is 10.2. The maximum absolute atomic E-state index is 5.76. The standard InChI is InChI=1S/C17H21N3O/c1-4-21-14-8-6-5-7-13(14)15-11(2)16(18-3)20-17(19-15)12-9-10-12/h5-8,12H,4,9-10H2,1-3H3,(H,18,19,20). The summed E-state index contributed by atoms with van der Waals surface area (Å²) in [6.45, 7) is 4.70. The molecule has 4 nitrogen and oxygen atoms in total. The van der Waals surface area contributed by atoms with Gasteiger partial charge in [0.2, 0.25) is 0 Å². The number of hydrogen-bond acceptors (Lipinski definition) is 4. The molecule has 0 spiro atoms. The molecule has 1 fully saturated rings. The maximum atomic E-state index is 5.76. The average molecular weight is 283 g/mol. The molecular formula is C17H21N3O. The van der Waals surface area contributed by atoms with E-state index in [0.717, 1.165) is 34.2 Å². The molecule has 0 amide bonds. The molecule has 0 unspecified atom stereocenters. The zero-order valence-corrected chi connectivity index (χ0v) is 12.8. The van der Waals surface area contributed by atoms with Gasteiger partial charge in [-0.2, -0.15) is 0 Å². The third kappa shape index (κ3) is 2.71. The van der Waals surface area contributed by atoms with Crippen molar-refractivity contribution in [2.75, 3.05) is 19.0 Å². The van der Waals surface area contributed by atoms with Gasteiger partial charge < -0.3 is 10.1 Å². The van der Waals surface area contributed by atoms with Crippen LogP contribution in [0.1, 0.15) is 37.1 Å². The minimum atomic E-state index is 0.524. The van der Waals surface area contributed by atoms with Gasteiger partial charge in [0, 0.05) is 24.1 Å². The van der Waals surface area contributed by atoms with Gasteiger partial charge in [0.05, 0.1) is 12.3 Å². The van der Waals surface area contributed by atoms with Gasteiger partial charge in [0.25, 0.3) is 0 Å². The molecule has 21 heavy (non-hydrogen) atoms. The van der Waals surface area contributed by atoms with E-state index >= 15 is 0 Å². The van der Waals surface area contributed by atoms with Gasteiger partial charge in [-0.25, -0.2) is 9.97 Å². The lowest BCUT2D eigenvalue weighted by Gasteiger charge is -2.15. The highest BCUT2D eigenvalue weighted by atomic mass is 16.5. The van der Waals surface area contributed by atoms with Gasteiger partial charge in [-0.3, -0.25) is 0 Å². The summed E-state index contributed by atoms with van der Waals surface area (Å²) in [6.07, 6.45) is 2.39. The van der Waals surface area contributed by atoms with E-state index in [1.165, 1.54) is 12.8 Å². The second-order valence-electron chi connectivity index (χ2n) is 5.36. The van der Waals surface area contributed by atoms with Crippen LogP contribution in [0.3, 0.4) is 0 Å². The second-order valence-corrected chi connectivity index (χ2v) is 5.36. The lowest BCUT2D eigenvalue weighted by atomic mass is 10.1. The summed E-state index contributed by atoms with van der Waals surface area (Å²) < 4.78 is 5.76. The molecular weight excluding hydrogens is 262 g/mol. The number of nitrogens with one attached hydrogen (secondary N) is 1. The van der Waals surface area contributed by atoms with Crippen LogP contribution in [0.15, 0.2) is 24.3 Å². The van der Waals surface area contributed by atoms with Crippen LogP contribution in [0.2, 0.25) is 0 Å². The molecule has 0 atom stereocenters. The number of para-hydroxylation sites is 1. The van der Waals surface area contributed by atoms with E-state index in [1.807, 2.05) is 32.2 Å². The third-order valence-electron chi connectivity index (χ3n) is 3.78. The summed E-state index contributed by atoms with van der Waals surface area (Å²) in [7, 11) is 1.91. The predicted octanol–water partition coefficient (Wildman–Crippen LogP) is 3.77. The highest BCUT2D eigenvalue weighted by molar-refractivity contribution is 5.73. The van der Waals surface area contributed by atoms with E-state index in [1.54, 1.807) is 0 Å². The quantitative estimate of drug-likeness (QED) is 0.907. The molecule has 1 aromatic heterocycles. The van der Waals surface area contributed by atoms with E-state index in [4.69, 9.17) is 9.72 Å². The Labute approximate surface area is 125 Å². The molecule has 0 aliphatic heterocycles. The summed E-state index contributed by atoms with van der Waals surface area (Å²) in [5.74, 6) is 3.26. The molecule has 3 rings (SSSR count). The zero-order chi connectivity index (χ0) is 14.8. The SMILES string of the molecule is CCOc1ccccc1-c1nc(C2CC2)nc(NC)c1C. The first kappa shape index (κ1) is 13.9. The minimum Gasteiger partial charge on any atom is -0.493 e. The van der Waals surface area contributed by atoms with Crippen LogP contribution in [0.5, 0.6) is 5.75 Å². The summed E-state index contributed by atoms with van der Waals surface area (Å²) in [4.78, 5) is 9.48. The van der Waals surface area contributed by atoms with Crippen molar-refractivity contribution in [3.8, 4) is 17.0 Å². The number of rotatable bonds is 5. The molecule has 110 valence electrons. The molecule has 0 radical (unpaired) electrons. The van der Waals surface area contributed by atoms with E-state index in [2.05, 4.69) is 23.3 Å². The Bertz CT molecular complexity index is 650. The lowest BCUT2D eigenvalue weighted by Crippen LogP contribution is -2.05. The van der Waals surface area contributed by atoms with Gasteiger partial charge in [0.1, 0.15) is 17.4 Å². The van der Waals surface area contributed by atoms with Crippen molar-refractivity contribution in [3.63, 3.8) is 0 Å². The van der Waals surface area contributed by atoms with Crippen LogP contribution in [-0.4, -0.2) is 23.6 Å². The molecule has 4 heteroatoms. The van der Waals surface area contributed by atoms with E-state index < -0.39 is 0 Å². The summed E-state index contributed by atoms with van der Waals surface area (Å²) in [5.41, 5.74) is 3.08. The van der Waals surface area contributed by atoms with Crippen molar-refractivity contribution >= 4 is 5.82 Å². The largest absolute Gasteiger partial charge is 0.493 e. The molecule has 1 N–H and O–H groups in total. The Balaban J connectivity index is 2.14. The predicted molar refractivity (Wildman–Crippen MR) is 84.9 cm³/mol. The fourth-order valence-corrected chi connectivity index (χ4v) is 2.51. The van der Waals surface area contributed by atoms with Crippen LogP contribution < -0.4 is 10.1 Å². The second kappa shape index (κ2) is 5.72. The van der Waals surface area contributed by atoms with Crippen molar-refractivity contribution in [1.29, 1.82) is 0 Å². The number of ether oxygens (including phenoxy) is 1. The molecule has 1 heterocycles. The minimum absolute atomic E-state index is 0.524. The number of benzene rings is 1. The van der Waals surface area contributed by atoms with Crippen LogP contribution >= 0.6 is 0 Å². The smallest absolute Gasteiger partial charge is 0.134 e. The van der Waals surface area contributed by atoms with Crippen LogP contribution in [0, 0.1) is 6.92 Å². The molecule has 1 aromatic carbocycles. The van der Waals surface area contributed by atoms with Gasteiger partial charge in [0.15, 0.2) is 0 Å². The Morgan fingerprint density at radius 1 is 1.24 bits per heavy atom. The van der Waals surface area contributed by atoms with E-state index in [-0.39, 0.29) is 0 Å². The third-order valence-corrected chi connectivity index (χ3v) is 3.78. The fourth-order valence-electron chi connectivity index (χ4n) is 2.51. The monoisotopic (exact) mass is 283 g/mol. The van der Waals surface area contributed by atoms with E-state index in [9.17, 15) is 0 Å². The molecule has 1 aliphatic carbocycles. The van der Waals surface area contributed by atoms with Gasteiger partial charge in [-0.05, 0) is 38.8 Å². The first-order valence-corrected chi connectivity index (χ1v) is 7.53. The normalized spacial score (nSPS) is 14.0. The highest BCUT2D eigenvalue weighted by Gasteiger charge is 2.28. The van der Waals surface area contributed by atoms with Crippen molar-refractivity contribution in [2.45, 2.75) is 32.6 Å². The summed E-state index contributed by atoms with van der Waals surface area (Å²) in [6, 6.07) is 8.08. The van der Waals surface area contributed by atoms with Crippen molar-refractivity contribution in [1.82, 2.24) is 9.97 Å². The highest BCUT2D eigenvalue weighted by Crippen LogP contribution is 2.41. The summed E-state index contributed by atoms with van der Waals surface area (Å²) in [5, 5.41) is 3.19. The Morgan fingerprint density at radius 3 is 2.67 bits per heavy atom. The first-order valence-electron chi connectivity index (χ1n) is 7.53. The number of anilines is 1. The molecule has 2 aromatic rings. The van der Waals surface area contributed by atoms with Crippen molar-refractivity contribution in [2.24, 2.45) is 0 Å². The number of nitrogens with zero attached hydrogens (tertiary/aromatic N) is 2. The maximum Gasteiger partial charge on any atom is 0.134 e. The van der Waals surface area contributed by atoms with Crippen molar-refractivity contribution < 1.29 is 4.74 Å². The molecule has 0 bridgehead atoms. The molecule has 0 saturated heterocycles. The fraction of sp³-hybridized carbons (Fsp3) is 0.412. The number of aromatic nitrogens is 2. The van der Waals surface area contributed by atoms with Crippen LogP contribution in [0.25, 0.3) is 11.3 Å². The molecule has 1 saturated carbocycles. The van der Waals surface area contributed by atoms with Gasteiger partial charge in [-0.15, -0.1) is 0 Å². The van der Waals surface area contributed by atoms with Crippen LogP contribution in [0.4, 0.5) is 5.82 Å². The number of hydrogen-bond donors (Lipinski definition) is 1. The van der Waals surface area contributed by atoms with E-state index in [0.29, 0.717) is 12.5 Å². The lowest BCUT2D eigenvalue weighted by molar-refractivity contribution is 0.341.